The SMILES string of the molecule is CCOc1ccccc1-c1nc2ccc(Cl)cn2c1C(C)O. The van der Waals surface area contributed by atoms with Gasteiger partial charge in [0.25, 0.3) is 0 Å². The van der Waals surface area contributed by atoms with E-state index in [0.29, 0.717) is 23.0 Å². The molecule has 3 aromatic rings. The Hall–Kier alpha value is -2.04. The second-order valence-electron chi connectivity index (χ2n) is 5.03. The largest absolute Gasteiger partial charge is 0.493 e. The number of pyridine rings is 1. The number of imidazole rings is 1. The van der Waals surface area contributed by atoms with Crippen molar-refractivity contribution in [3.63, 3.8) is 0 Å². The normalized spacial score (nSPS) is 12.5. The second kappa shape index (κ2) is 5.99. The van der Waals surface area contributed by atoms with E-state index >= 15 is 0 Å². The fourth-order valence-corrected chi connectivity index (χ4v) is 2.74. The van der Waals surface area contributed by atoms with Crippen molar-refractivity contribution >= 4 is 17.2 Å². The summed E-state index contributed by atoms with van der Waals surface area (Å²) in [6.45, 7) is 4.23. The van der Waals surface area contributed by atoms with Gasteiger partial charge in [-0.1, -0.05) is 23.7 Å². The van der Waals surface area contributed by atoms with E-state index in [2.05, 4.69) is 4.98 Å². The molecule has 0 saturated heterocycles. The molecule has 0 amide bonds. The Kier molecular flexibility index (Phi) is 4.05. The van der Waals surface area contributed by atoms with Crippen molar-refractivity contribution in [1.29, 1.82) is 0 Å². The van der Waals surface area contributed by atoms with Gasteiger partial charge in [-0.25, -0.2) is 4.98 Å². The lowest BCUT2D eigenvalue weighted by molar-refractivity contribution is 0.194. The Bertz CT molecular complexity index is 812. The molecule has 0 fully saturated rings. The summed E-state index contributed by atoms with van der Waals surface area (Å²) in [7, 11) is 0. The van der Waals surface area contributed by atoms with Gasteiger partial charge in [-0.2, -0.15) is 0 Å². The Morgan fingerprint density at radius 1 is 1.27 bits per heavy atom. The highest BCUT2D eigenvalue weighted by atomic mass is 35.5. The Morgan fingerprint density at radius 3 is 2.77 bits per heavy atom. The average Bonchev–Trinajstić information content (AvgIpc) is 2.86. The summed E-state index contributed by atoms with van der Waals surface area (Å²) in [6.07, 6.45) is 1.08. The molecule has 0 aliphatic heterocycles. The third-order valence-electron chi connectivity index (χ3n) is 3.46. The van der Waals surface area contributed by atoms with Crippen molar-refractivity contribution in [2.75, 3.05) is 6.61 Å². The lowest BCUT2D eigenvalue weighted by Gasteiger charge is -2.11. The molecule has 0 radical (unpaired) electrons. The standard InChI is InChI=1S/C17H17ClN2O2/c1-3-22-14-7-5-4-6-13(14)16-17(11(2)21)20-10-12(18)8-9-15(20)19-16/h4-11,21H,3H2,1-2H3. The zero-order valence-electron chi connectivity index (χ0n) is 12.5. The van der Waals surface area contributed by atoms with Gasteiger partial charge in [0.2, 0.25) is 0 Å². The van der Waals surface area contributed by atoms with Gasteiger partial charge in [0.1, 0.15) is 11.4 Å². The van der Waals surface area contributed by atoms with E-state index in [-0.39, 0.29) is 0 Å². The number of nitrogens with zero attached hydrogens (tertiary/aromatic N) is 2. The molecule has 0 bridgehead atoms. The maximum absolute atomic E-state index is 10.2. The second-order valence-corrected chi connectivity index (χ2v) is 5.46. The molecular formula is C17H17ClN2O2. The minimum atomic E-state index is -0.682. The van der Waals surface area contributed by atoms with Crippen molar-refractivity contribution in [3.8, 4) is 17.0 Å². The molecule has 1 N–H and O–H groups in total. The number of rotatable bonds is 4. The van der Waals surface area contributed by atoms with Crippen LogP contribution in [0.3, 0.4) is 0 Å². The molecule has 0 spiro atoms. The van der Waals surface area contributed by atoms with E-state index < -0.39 is 6.10 Å². The Labute approximate surface area is 133 Å². The van der Waals surface area contributed by atoms with Crippen LogP contribution in [-0.2, 0) is 0 Å². The van der Waals surface area contributed by atoms with Crippen LogP contribution in [-0.4, -0.2) is 21.1 Å². The maximum atomic E-state index is 10.2. The molecule has 22 heavy (non-hydrogen) atoms. The van der Waals surface area contributed by atoms with Crippen LogP contribution < -0.4 is 4.74 Å². The molecule has 3 rings (SSSR count). The number of benzene rings is 1. The molecule has 1 aromatic carbocycles. The maximum Gasteiger partial charge on any atom is 0.137 e. The van der Waals surface area contributed by atoms with Crippen molar-refractivity contribution in [1.82, 2.24) is 9.38 Å². The number of para-hydroxylation sites is 1. The predicted octanol–water partition coefficient (Wildman–Crippen LogP) is 4.11. The monoisotopic (exact) mass is 316 g/mol. The van der Waals surface area contributed by atoms with Gasteiger partial charge >= 0.3 is 0 Å². The van der Waals surface area contributed by atoms with Crippen molar-refractivity contribution in [2.45, 2.75) is 20.0 Å². The number of hydrogen-bond donors (Lipinski definition) is 1. The molecule has 2 heterocycles. The molecule has 4 nitrogen and oxygen atoms in total. The third-order valence-corrected chi connectivity index (χ3v) is 3.68. The van der Waals surface area contributed by atoms with Crippen molar-refractivity contribution < 1.29 is 9.84 Å². The first kappa shape index (κ1) is 14.9. The lowest BCUT2D eigenvalue weighted by atomic mass is 10.1. The summed E-state index contributed by atoms with van der Waals surface area (Å²) in [6, 6.07) is 11.3. The van der Waals surface area contributed by atoms with Crippen LogP contribution in [0, 0.1) is 0 Å². The number of fused-ring (bicyclic) bond motifs is 1. The summed E-state index contributed by atoms with van der Waals surface area (Å²) in [5, 5.41) is 10.8. The molecule has 2 aromatic heterocycles. The van der Waals surface area contributed by atoms with Gasteiger partial charge in [-0.3, -0.25) is 4.40 Å². The molecular weight excluding hydrogens is 300 g/mol. The third kappa shape index (κ3) is 2.56. The Morgan fingerprint density at radius 2 is 2.05 bits per heavy atom. The van der Waals surface area contributed by atoms with E-state index in [0.717, 1.165) is 17.0 Å². The summed E-state index contributed by atoms with van der Waals surface area (Å²) in [5.74, 6) is 0.751. The highest BCUT2D eigenvalue weighted by Gasteiger charge is 2.20. The number of hydrogen-bond acceptors (Lipinski definition) is 3. The lowest BCUT2D eigenvalue weighted by Crippen LogP contribution is -2.01. The number of aromatic nitrogens is 2. The first-order valence-corrected chi connectivity index (χ1v) is 7.57. The van der Waals surface area contributed by atoms with Crippen molar-refractivity contribution in [2.24, 2.45) is 0 Å². The number of aliphatic hydroxyl groups excluding tert-OH is 1. The number of aliphatic hydroxyl groups is 1. The first-order valence-electron chi connectivity index (χ1n) is 7.19. The molecule has 5 heteroatoms. The van der Waals surface area contributed by atoms with Gasteiger partial charge in [0, 0.05) is 11.8 Å². The fourth-order valence-electron chi connectivity index (χ4n) is 2.58. The number of halogens is 1. The summed E-state index contributed by atoms with van der Waals surface area (Å²) >= 11 is 6.08. The van der Waals surface area contributed by atoms with Gasteiger partial charge < -0.3 is 9.84 Å². The minimum Gasteiger partial charge on any atom is -0.493 e. The van der Waals surface area contributed by atoms with E-state index in [1.807, 2.05) is 41.7 Å². The zero-order valence-corrected chi connectivity index (χ0v) is 13.2. The minimum absolute atomic E-state index is 0.570. The molecule has 114 valence electrons. The molecule has 1 atom stereocenters. The van der Waals surface area contributed by atoms with E-state index in [1.54, 1.807) is 19.2 Å². The Balaban J connectivity index is 2.29. The highest BCUT2D eigenvalue weighted by Crippen LogP contribution is 2.35. The van der Waals surface area contributed by atoms with Gasteiger partial charge in [0.15, 0.2) is 0 Å². The molecule has 0 aliphatic rings. The molecule has 0 aliphatic carbocycles. The first-order chi connectivity index (χ1) is 10.6. The molecule has 0 saturated carbocycles. The van der Waals surface area contributed by atoms with E-state index in [9.17, 15) is 5.11 Å². The van der Waals surface area contributed by atoms with E-state index in [4.69, 9.17) is 16.3 Å². The van der Waals surface area contributed by atoms with Gasteiger partial charge in [0.05, 0.1) is 29.1 Å². The number of ether oxygens (including phenoxy) is 1. The van der Waals surface area contributed by atoms with Crippen LogP contribution in [0.5, 0.6) is 5.75 Å². The van der Waals surface area contributed by atoms with Gasteiger partial charge in [-0.15, -0.1) is 0 Å². The summed E-state index contributed by atoms with van der Waals surface area (Å²) in [4.78, 5) is 4.65. The van der Waals surface area contributed by atoms with Gasteiger partial charge in [-0.05, 0) is 38.1 Å². The summed E-state index contributed by atoms with van der Waals surface area (Å²) < 4.78 is 7.51. The van der Waals surface area contributed by atoms with Crippen LogP contribution in [0.25, 0.3) is 16.9 Å². The summed E-state index contributed by atoms with van der Waals surface area (Å²) in [5.41, 5.74) is 3.01. The van der Waals surface area contributed by atoms with Crippen molar-refractivity contribution in [3.05, 3.63) is 53.3 Å². The van der Waals surface area contributed by atoms with Crippen LogP contribution in [0.1, 0.15) is 25.6 Å². The fraction of sp³-hybridized carbons (Fsp3) is 0.235. The highest BCUT2D eigenvalue weighted by molar-refractivity contribution is 6.30. The van der Waals surface area contributed by atoms with Crippen LogP contribution in [0.15, 0.2) is 42.6 Å². The van der Waals surface area contributed by atoms with Crippen LogP contribution in [0.4, 0.5) is 0 Å². The van der Waals surface area contributed by atoms with E-state index in [1.165, 1.54) is 0 Å². The predicted molar refractivity (Wildman–Crippen MR) is 87.4 cm³/mol. The average molecular weight is 317 g/mol. The molecule has 1 unspecified atom stereocenters. The van der Waals surface area contributed by atoms with Crippen LogP contribution in [0.2, 0.25) is 5.02 Å². The zero-order chi connectivity index (χ0) is 15.7. The topological polar surface area (TPSA) is 46.8 Å². The van der Waals surface area contributed by atoms with Crippen LogP contribution >= 0.6 is 11.6 Å². The quantitative estimate of drug-likeness (QED) is 0.788. The smallest absolute Gasteiger partial charge is 0.137 e.